The van der Waals surface area contributed by atoms with Crippen molar-refractivity contribution in [3.63, 3.8) is 0 Å². The number of rotatable bonds is 7. The zero-order valence-electron chi connectivity index (χ0n) is 16.3. The fourth-order valence-electron chi connectivity index (χ4n) is 3.21. The van der Waals surface area contributed by atoms with E-state index in [1.54, 1.807) is 25.1 Å². The number of aliphatic hydroxyl groups is 1. The van der Waals surface area contributed by atoms with Gasteiger partial charge in [0.25, 0.3) is 5.56 Å². The average Bonchev–Trinajstić information content (AvgIpc) is 3.07. The van der Waals surface area contributed by atoms with E-state index in [4.69, 9.17) is 4.74 Å². The van der Waals surface area contributed by atoms with E-state index >= 15 is 0 Å². The highest BCUT2D eigenvalue weighted by molar-refractivity contribution is 7.92. The Kier molecular flexibility index (Phi) is 6.54. The minimum Gasteiger partial charge on any atom is -0.390 e. The van der Waals surface area contributed by atoms with Crippen LogP contribution in [0.1, 0.15) is 25.1 Å². The van der Waals surface area contributed by atoms with Crippen LogP contribution in [-0.2, 0) is 25.8 Å². The number of amides is 1. The molecule has 0 bridgehead atoms. The lowest BCUT2D eigenvalue weighted by Gasteiger charge is -2.17. The van der Waals surface area contributed by atoms with Gasteiger partial charge in [-0.25, -0.2) is 13.2 Å². The molecule has 3 N–H and O–H groups in total. The van der Waals surface area contributed by atoms with Gasteiger partial charge in [-0.1, -0.05) is 25.1 Å². The summed E-state index contributed by atoms with van der Waals surface area (Å²) in [7, 11) is -3.78. The zero-order chi connectivity index (χ0) is 21.9. The lowest BCUT2D eigenvalue weighted by atomic mass is 10.2. The first-order chi connectivity index (χ1) is 14.2. The van der Waals surface area contributed by atoms with Crippen LogP contribution >= 0.6 is 0 Å². The van der Waals surface area contributed by atoms with E-state index in [9.17, 15) is 27.9 Å². The second-order valence-corrected chi connectivity index (χ2v) is 8.97. The fourth-order valence-corrected chi connectivity index (χ4v) is 4.40. The Morgan fingerprint density at radius 2 is 2.00 bits per heavy atom. The van der Waals surface area contributed by atoms with Crippen LogP contribution in [0, 0.1) is 0 Å². The number of benzene rings is 1. The number of nitrogens with zero attached hydrogens (tertiary/aromatic N) is 1. The van der Waals surface area contributed by atoms with Crippen LogP contribution in [0.2, 0.25) is 0 Å². The number of H-pyrrole nitrogens is 1. The second-order valence-electron chi connectivity index (χ2n) is 6.98. The van der Waals surface area contributed by atoms with E-state index in [1.165, 1.54) is 22.9 Å². The molecule has 1 aliphatic rings. The molecule has 2 aromatic rings. The molecule has 1 saturated heterocycles. The summed E-state index contributed by atoms with van der Waals surface area (Å²) in [6.07, 6.45) is -0.735. The Morgan fingerprint density at radius 3 is 2.67 bits per heavy atom. The number of aromatic amines is 1. The molecule has 0 unspecified atom stereocenters. The summed E-state index contributed by atoms with van der Waals surface area (Å²) in [5, 5.41) is 12.7. The Labute approximate surface area is 172 Å². The quantitative estimate of drug-likeness (QED) is 0.521. The maximum absolute atomic E-state index is 12.3. The Morgan fingerprint density at radius 1 is 1.30 bits per heavy atom. The molecule has 0 aliphatic carbocycles. The zero-order valence-corrected chi connectivity index (χ0v) is 17.1. The van der Waals surface area contributed by atoms with Crippen LogP contribution < -0.4 is 16.6 Å². The predicted molar refractivity (Wildman–Crippen MR) is 107 cm³/mol. The number of carbonyl (C=O) groups is 1. The Hall–Kier alpha value is -2.76. The number of sulfone groups is 1. The lowest BCUT2D eigenvalue weighted by molar-refractivity contribution is -0.119. The van der Waals surface area contributed by atoms with Gasteiger partial charge in [0.05, 0.1) is 11.0 Å². The minimum atomic E-state index is -3.78. The van der Waals surface area contributed by atoms with E-state index < -0.39 is 51.2 Å². The van der Waals surface area contributed by atoms with Crippen LogP contribution in [0.5, 0.6) is 0 Å². The molecule has 10 nitrogen and oxygen atoms in total. The first kappa shape index (κ1) is 21.9. The molecule has 0 radical (unpaired) electrons. The Balaban J connectivity index is 1.62. The van der Waals surface area contributed by atoms with E-state index in [2.05, 4.69) is 10.3 Å². The van der Waals surface area contributed by atoms with Crippen LogP contribution in [0.25, 0.3) is 0 Å². The minimum absolute atomic E-state index is 0.0431. The average molecular weight is 437 g/mol. The maximum atomic E-state index is 12.3. The summed E-state index contributed by atoms with van der Waals surface area (Å²) in [5.41, 5.74) is -0.732. The molecule has 0 saturated carbocycles. The van der Waals surface area contributed by atoms with E-state index in [0.717, 1.165) is 0 Å². The van der Waals surface area contributed by atoms with Crippen molar-refractivity contribution in [3.8, 4) is 0 Å². The summed E-state index contributed by atoms with van der Waals surface area (Å²) < 4.78 is 31.4. The number of hydrogen-bond acceptors (Lipinski definition) is 7. The molecule has 1 aliphatic heterocycles. The number of aryl methyl sites for hydroxylation is 1. The van der Waals surface area contributed by atoms with Crippen molar-refractivity contribution in [2.24, 2.45) is 0 Å². The smallest absolute Gasteiger partial charge is 0.330 e. The van der Waals surface area contributed by atoms with Crippen LogP contribution in [-0.4, -0.2) is 53.5 Å². The molecule has 1 amide bonds. The third kappa shape index (κ3) is 4.86. The number of hydrogen-bond donors (Lipinski definition) is 3. The molecular formula is C19H23N3O7S. The van der Waals surface area contributed by atoms with E-state index in [0.29, 0.717) is 12.0 Å². The maximum Gasteiger partial charge on any atom is 0.330 e. The molecule has 1 aromatic heterocycles. The van der Waals surface area contributed by atoms with Gasteiger partial charge in [-0.15, -0.1) is 0 Å². The molecule has 2 heterocycles. The van der Waals surface area contributed by atoms with Crippen molar-refractivity contribution < 1.29 is 23.1 Å². The molecule has 3 atom stereocenters. The third-order valence-electron chi connectivity index (χ3n) is 4.86. The highest BCUT2D eigenvalue weighted by atomic mass is 32.2. The molecule has 162 valence electrons. The molecule has 1 fully saturated rings. The first-order valence-electron chi connectivity index (χ1n) is 9.43. The summed E-state index contributed by atoms with van der Waals surface area (Å²) in [5.74, 6) is -1.46. The summed E-state index contributed by atoms with van der Waals surface area (Å²) in [4.78, 5) is 38.1. The standard InChI is InChI=1S/C19H23N3O7S/c1-2-12-10-22(19(26)21-18(12)25)17-8-14(23)15(29-17)9-20-16(24)11-30(27,28)13-6-4-3-5-7-13/h3-7,10,14-15,17,23H,2,8-9,11H2,1H3,(H,20,24)(H,21,25,26)/t14-,15+,17+/m0/s1. The van der Waals surface area contributed by atoms with Crippen LogP contribution in [0.3, 0.4) is 0 Å². The van der Waals surface area contributed by atoms with Crippen molar-refractivity contribution in [2.75, 3.05) is 12.3 Å². The van der Waals surface area contributed by atoms with Crippen molar-refractivity contribution in [3.05, 3.63) is 62.9 Å². The first-order valence-corrected chi connectivity index (χ1v) is 11.1. The fraction of sp³-hybridized carbons (Fsp3) is 0.421. The summed E-state index contributed by atoms with van der Waals surface area (Å²) >= 11 is 0. The van der Waals surface area contributed by atoms with Crippen LogP contribution in [0.4, 0.5) is 0 Å². The van der Waals surface area contributed by atoms with Crippen molar-refractivity contribution >= 4 is 15.7 Å². The lowest BCUT2D eigenvalue weighted by Crippen LogP contribution is -2.39. The normalized spacial score (nSPS) is 21.5. The molecule has 11 heteroatoms. The van der Waals surface area contributed by atoms with Gasteiger partial charge in [0.15, 0.2) is 9.84 Å². The number of aliphatic hydroxyl groups excluding tert-OH is 1. The van der Waals surface area contributed by atoms with Gasteiger partial charge < -0.3 is 15.2 Å². The van der Waals surface area contributed by atoms with E-state index in [1.807, 2.05) is 0 Å². The molecule has 1 aromatic carbocycles. The second kappa shape index (κ2) is 8.94. The van der Waals surface area contributed by atoms with Crippen LogP contribution in [0.15, 0.2) is 51.0 Å². The topological polar surface area (TPSA) is 148 Å². The van der Waals surface area contributed by atoms with Crippen molar-refractivity contribution in [2.45, 2.75) is 43.1 Å². The number of ether oxygens (including phenoxy) is 1. The highest BCUT2D eigenvalue weighted by Crippen LogP contribution is 2.27. The molecule has 0 spiro atoms. The predicted octanol–water partition coefficient (Wildman–Crippen LogP) is -0.662. The molecule has 3 rings (SSSR count). The number of carbonyl (C=O) groups excluding carboxylic acids is 1. The molecular weight excluding hydrogens is 414 g/mol. The van der Waals surface area contributed by atoms with Gasteiger partial charge in [-0.2, -0.15) is 0 Å². The van der Waals surface area contributed by atoms with Gasteiger partial charge >= 0.3 is 5.69 Å². The van der Waals surface area contributed by atoms with Gasteiger partial charge in [-0.3, -0.25) is 19.1 Å². The summed E-state index contributed by atoms with van der Waals surface area (Å²) in [6.45, 7) is 1.64. The van der Waals surface area contributed by atoms with E-state index in [-0.39, 0.29) is 17.9 Å². The molecule has 30 heavy (non-hydrogen) atoms. The monoisotopic (exact) mass is 437 g/mol. The van der Waals surface area contributed by atoms with Crippen molar-refractivity contribution in [1.82, 2.24) is 14.9 Å². The van der Waals surface area contributed by atoms with Crippen molar-refractivity contribution in [1.29, 1.82) is 0 Å². The van der Waals surface area contributed by atoms with Gasteiger partial charge in [0.1, 0.15) is 18.1 Å². The number of aromatic nitrogens is 2. The largest absolute Gasteiger partial charge is 0.390 e. The van der Waals surface area contributed by atoms with Gasteiger partial charge in [-0.05, 0) is 18.6 Å². The van der Waals surface area contributed by atoms with Gasteiger partial charge in [0, 0.05) is 24.7 Å². The Bertz CT molecular complexity index is 1120. The summed E-state index contributed by atoms with van der Waals surface area (Å²) in [6, 6.07) is 7.62. The highest BCUT2D eigenvalue weighted by Gasteiger charge is 2.36. The third-order valence-corrected chi connectivity index (χ3v) is 6.49. The SMILES string of the molecule is CCc1cn([C@H]2C[C@H](O)[C@@H](CNC(=O)CS(=O)(=O)c3ccccc3)O2)c(=O)[nH]c1=O. The number of nitrogens with one attached hydrogen (secondary N) is 2. The van der Waals surface area contributed by atoms with Gasteiger partial charge in [0.2, 0.25) is 5.91 Å².